The molecule has 0 spiro atoms. The highest BCUT2D eigenvalue weighted by molar-refractivity contribution is 5.78. The maximum absolute atomic E-state index is 12.7. The van der Waals surface area contributed by atoms with Crippen molar-refractivity contribution in [3.63, 3.8) is 0 Å². The molecule has 1 aliphatic carbocycles. The van der Waals surface area contributed by atoms with Gasteiger partial charge in [0, 0.05) is 38.8 Å². The van der Waals surface area contributed by atoms with Gasteiger partial charge in [-0.2, -0.15) is 0 Å². The zero-order valence-electron chi connectivity index (χ0n) is 15.5. The van der Waals surface area contributed by atoms with Gasteiger partial charge in [-0.25, -0.2) is 0 Å². The molecule has 3 rings (SSSR count). The Bertz CT molecular complexity index is 639. The lowest BCUT2D eigenvalue weighted by atomic mass is 10.2. The molecule has 1 aromatic rings. The van der Waals surface area contributed by atoms with E-state index in [0.717, 1.165) is 25.4 Å². The van der Waals surface area contributed by atoms with Crippen molar-refractivity contribution in [1.82, 2.24) is 9.80 Å². The fraction of sp³-hybridized carbons (Fsp3) is 0.632. The molecule has 1 heterocycles. The molecule has 7 heteroatoms. The van der Waals surface area contributed by atoms with E-state index >= 15 is 0 Å². The first-order valence-electron chi connectivity index (χ1n) is 9.57. The Morgan fingerprint density at radius 2 is 1.92 bits per heavy atom. The Morgan fingerprint density at radius 1 is 1.23 bits per heavy atom. The maximum atomic E-state index is 12.7. The monoisotopic (exact) mass is 360 g/mol. The summed E-state index contributed by atoms with van der Waals surface area (Å²) in [6.07, 6.45) is 3.65. The average Bonchev–Trinajstić information content (AvgIpc) is 3.46. The van der Waals surface area contributed by atoms with Gasteiger partial charge in [-0.1, -0.05) is 19.1 Å². The van der Waals surface area contributed by atoms with Crippen molar-refractivity contribution in [3.8, 4) is 0 Å². The Morgan fingerprint density at radius 3 is 2.54 bits per heavy atom. The van der Waals surface area contributed by atoms with Crippen LogP contribution in [0.15, 0.2) is 24.3 Å². The van der Waals surface area contributed by atoms with Crippen LogP contribution in [0.5, 0.6) is 0 Å². The molecule has 1 aliphatic heterocycles. The largest absolute Gasteiger partial charge is 0.362 e. The first kappa shape index (κ1) is 18.6. The van der Waals surface area contributed by atoms with Crippen molar-refractivity contribution in [2.24, 2.45) is 5.92 Å². The SMILES string of the molecule is CCCN(CC(=O)N1CCN(c2ccccc2[N+](=O)[O-])CC1)CC1CC1. The van der Waals surface area contributed by atoms with Gasteiger partial charge in [0.15, 0.2) is 0 Å². The number of carbonyl (C=O) groups is 1. The van der Waals surface area contributed by atoms with Crippen LogP contribution in [0.2, 0.25) is 0 Å². The van der Waals surface area contributed by atoms with Gasteiger partial charge in [-0.3, -0.25) is 19.8 Å². The minimum absolute atomic E-state index is 0.130. The predicted molar refractivity (Wildman–Crippen MR) is 101 cm³/mol. The third-order valence-corrected chi connectivity index (χ3v) is 5.16. The van der Waals surface area contributed by atoms with Gasteiger partial charge < -0.3 is 9.80 Å². The topological polar surface area (TPSA) is 69.9 Å². The zero-order chi connectivity index (χ0) is 18.5. The molecule has 7 nitrogen and oxygen atoms in total. The molecule has 0 unspecified atom stereocenters. The summed E-state index contributed by atoms with van der Waals surface area (Å²) < 4.78 is 0. The molecule has 0 atom stereocenters. The molecule has 26 heavy (non-hydrogen) atoms. The van der Waals surface area contributed by atoms with Gasteiger partial charge in [0.1, 0.15) is 5.69 Å². The number of piperazine rings is 1. The Balaban J connectivity index is 1.54. The summed E-state index contributed by atoms with van der Waals surface area (Å²) in [4.78, 5) is 29.7. The zero-order valence-corrected chi connectivity index (χ0v) is 15.5. The molecule has 2 aliphatic rings. The average molecular weight is 360 g/mol. The second-order valence-corrected chi connectivity index (χ2v) is 7.29. The lowest BCUT2D eigenvalue weighted by Gasteiger charge is -2.36. The third kappa shape index (κ3) is 4.72. The van der Waals surface area contributed by atoms with Gasteiger partial charge in [0.25, 0.3) is 5.69 Å². The number of para-hydroxylation sites is 2. The summed E-state index contributed by atoms with van der Waals surface area (Å²) >= 11 is 0. The number of rotatable bonds is 8. The Hall–Kier alpha value is -2.15. The minimum Gasteiger partial charge on any atom is -0.362 e. The van der Waals surface area contributed by atoms with Gasteiger partial charge >= 0.3 is 0 Å². The van der Waals surface area contributed by atoms with E-state index in [1.165, 1.54) is 18.9 Å². The number of carbonyl (C=O) groups excluding carboxylic acids is 1. The quantitative estimate of drug-likeness (QED) is 0.526. The van der Waals surface area contributed by atoms with E-state index in [0.29, 0.717) is 38.4 Å². The molecule has 142 valence electrons. The van der Waals surface area contributed by atoms with E-state index in [9.17, 15) is 14.9 Å². The van der Waals surface area contributed by atoms with Crippen LogP contribution in [-0.2, 0) is 4.79 Å². The Kier molecular flexibility index (Phi) is 6.08. The lowest BCUT2D eigenvalue weighted by Crippen LogP contribution is -2.51. The van der Waals surface area contributed by atoms with Crippen molar-refractivity contribution in [3.05, 3.63) is 34.4 Å². The van der Waals surface area contributed by atoms with Gasteiger partial charge in [-0.05, 0) is 37.8 Å². The van der Waals surface area contributed by atoms with Crippen LogP contribution in [0.1, 0.15) is 26.2 Å². The summed E-state index contributed by atoms with van der Waals surface area (Å²) in [6.45, 7) is 7.16. The third-order valence-electron chi connectivity index (χ3n) is 5.16. The number of hydrogen-bond donors (Lipinski definition) is 0. The standard InChI is InChI=1S/C19H28N4O3/c1-2-9-20(14-16-7-8-16)15-19(24)22-12-10-21(11-13-22)17-5-3-4-6-18(17)23(25)26/h3-6,16H,2,7-15H2,1H3. The van der Waals surface area contributed by atoms with E-state index in [1.54, 1.807) is 12.1 Å². The first-order chi connectivity index (χ1) is 12.6. The number of hydrogen-bond acceptors (Lipinski definition) is 5. The highest BCUT2D eigenvalue weighted by Gasteiger charge is 2.28. The normalized spacial score (nSPS) is 17.6. The van der Waals surface area contributed by atoms with Gasteiger partial charge in [-0.15, -0.1) is 0 Å². The molecule has 0 N–H and O–H groups in total. The lowest BCUT2D eigenvalue weighted by molar-refractivity contribution is -0.384. The molecule has 0 bridgehead atoms. The van der Waals surface area contributed by atoms with Crippen LogP contribution in [0.3, 0.4) is 0 Å². The molecule has 0 aromatic heterocycles. The first-order valence-corrected chi connectivity index (χ1v) is 9.57. The summed E-state index contributed by atoms with van der Waals surface area (Å²) in [6, 6.07) is 6.82. The molecule has 2 fully saturated rings. The van der Waals surface area contributed by atoms with E-state index < -0.39 is 0 Å². The minimum atomic E-state index is -0.340. The summed E-state index contributed by atoms with van der Waals surface area (Å²) in [5.74, 6) is 0.964. The van der Waals surface area contributed by atoms with Crippen LogP contribution in [0, 0.1) is 16.0 Å². The summed E-state index contributed by atoms with van der Waals surface area (Å²) in [7, 11) is 0. The van der Waals surface area contributed by atoms with Crippen molar-refractivity contribution in [2.75, 3.05) is 50.7 Å². The Labute approximate surface area is 154 Å². The number of amides is 1. The number of nitrogens with zero attached hydrogens (tertiary/aromatic N) is 4. The van der Waals surface area contributed by atoms with E-state index in [4.69, 9.17) is 0 Å². The van der Waals surface area contributed by atoms with E-state index in [2.05, 4.69) is 11.8 Å². The smallest absolute Gasteiger partial charge is 0.292 e. The van der Waals surface area contributed by atoms with Gasteiger partial charge in [0.2, 0.25) is 5.91 Å². The van der Waals surface area contributed by atoms with Crippen molar-refractivity contribution >= 4 is 17.3 Å². The van der Waals surface area contributed by atoms with Crippen LogP contribution in [-0.4, -0.2) is 66.4 Å². The molecule has 0 radical (unpaired) electrons. The highest BCUT2D eigenvalue weighted by atomic mass is 16.6. The highest BCUT2D eigenvalue weighted by Crippen LogP contribution is 2.30. The van der Waals surface area contributed by atoms with E-state index in [-0.39, 0.29) is 16.5 Å². The number of nitro benzene ring substituents is 1. The number of benzene rings is 1. The van der Waals surface area contributed by atoms with E-state index in [1.807, 2.05) is 15.9 Å². The summed E-state index contributed by atoms with van der Waals surface area (Å²) in [5.41, 5.74) is 0.775. The molecule has 1 amide bonds. The van der Waals surface area contributed by atoms with Crippen LogP contribution in [0.4, 0.5) is 11.4 Å². The molecular weight excluding hydrogens is 332 g/mol. The predicted octanol–water partition coefficient (Wildman–Crippen LogP) is 2.37. The fourth-order valence-electron chi connectivity index (χ4n) is 3.59. The second kappa shape index (κ2) is 8.49. The summed E-state index contributed by atoms with van der Waals surface area (Å²) in [5, 5.41) is 11.2. The van der Waals surface area contributed by atoms with Crippen LogP contribution < -0.4 is 4.90 Å². The molecule has 1 saturated carbocycles. The van der Waals surface area contributed by atoms with Crippen LogP contribution >= 0.6 is 0 Å². The van der Waals surface area contributed by atoms with Crippen molar-refractivity contribution in [1.29, 1.82) is 0 Å². The van der Waals surface area contributed by atoms with Crippen molar-refractivity contribution < 1.29 is 9.72 Å². The number of anilines is 1. The number of nitro groups is 1. The second-order valence-electron chi connectivity index (χ2n) is 7.29. The van der Waals surface area contributed by atoms with Crippen LogP contribution in [0.25, 0.3) is 0 Å². The van der Waals surface area contributed by atoms with Crippen molar-refractivity contribution in [2.45, 2.75) is 26.2 Å². The maximum Gasteiger partial charge on any atom is 0.292 e. The molecule has 1 aromatic carbocycles. The fourth-order valence-corrected chi connectivity index (χ4v) is 3.59. The van der Waals surface area contributed by atoms with Gasteiger partial charge in [0.05, 0.1) is 11.5 Å². The molecular formula is C19H28N4O3. The molecule has 1 saturated heterocycles.